The van der Waals surface area contributed by atoms with Crippen LogP contribution in [0.1, 0.15) is 22.8 Å². The van der Waals surface area contributed by atoms with E-state index in [9.17, 15) is 4.79 Å². The highest BCUT2D eigenvalue weighted by Gasteiger charge is 2.18. The Balaban J connectivity index is 1.63. The number of carbonyl (C=O) groups is 1. The molecule has 0 fully saturated rings. The number of benzene rings is 2. The van der Waals surface area contributed by atoms with Crippen molar-refractivity contribution in [3.8, 4) is 0 Å². The minimum absolute atomic E-state index is 0.104. The average Bonchev–Trinajstić information content (AvgIpc) is 3.02. The maximum absolute atomic E-state index is 12.5. The Morgan fingerprint density at radius 1 is 1.08 bits per heavy atom. The fraction of sp³-hybridized carbons (Fsp3) is 0.167. The quantitative estimate of drug-likeness (QED) is 0.500. The summed E-state index contributed by atoms with van der Waals surface area (Å²) in [5.41, 5.74) is 2.84. The van der Waals surface area contributed by atoms with Crippen LogP contribution in [-0.2, 0) is 0 Å². The monoisotopic (exact) mass is 355 g/mol. The van der Waals surface area contributed by atoms with Crippen LogP contribution in [0.3, 0.4) is 0 Å². The van der Waals surface area contributed by atoms with Gasteiger partial charge in [-0.05, 0) is 26.0 Å². The normalized spacial score (nSPS) is 11.9. The van der Waals surface area contributed by atoms with Gasteiger partial charge in [-0.1, -0.05) is 71.1 Å². The summed E-state index contributed by atoms with van der Waals surface area (Å²) in [6.07, 6.45) is 0. The number of hydrogen-bond donors (Lipinski definition) is 1. The van der Waals surface area contributed by atoms with E-state index >= 15 is 0 Å². The number of carbonyl (C=O) groups excluding carboxylic acids is 1. The number of nitrogens with zero attached hydrogens (tertiary/aromatic N) is 2. The van der Waals surface area contributed by atoms with Crippen molar-refractivity contribution in [1.29, 1.82) is 0 Å². The van der Waals surface area contributed by atoms with E-state index in [1.54, 1.807) is 0 Å². The Kier molecular flexibility index (Phi) is 5.27. The number of aromatic nitrogens is 2. The summed E-state index contributed by atoms with van der Waals surface area (Å²) >= 11 is 2.89. The van der Waals surface area contributed by atoms with Crippen LogP contribution in [-0.4, -0.2) is 21.2 Å². The lowest BCUT2D eigenvalue weighted by molar-refractivity contribution is 0.0994. The Bertz CT molecular complexity index is 816. The Labute approximate surface area is 149 Å². The Hall–Kier alpha value is -2.18. The molecule has 0 spiro atoms. The van der Waals surface area contributed by atoms with Crippen LogP contribution in [0, 0.1) is 6.92 Å². The van der Waals surface area contributed by atoms with E-state index in [0.717, 1.165) is 26.3 Å². The molecule has 0 aliphatic carbocycles. The predicted molar refractivity (Wildman–Crippen MR) is 100 cm³/mol. The highest BCUT2D eigenvalue weighted by molar-refractivity contribution is 8.02. The molecule has 3 rings (SSSR count). The van der Waals surface area contributed by atoms with E-state index in [2.05, 4.69) is 15.5 Å². The van der Waals surface area contributed by atoms with Gasteiger partial charge < -0.3 is 5.32 Å². The number of ketones is 1. The minimum atomic E-state index is -0.203. The van der Waals surface area contributed by atoms with Crippen LogP contribution in [0.25, 0.3) is 0 Å². The first-order chi connectivity index (χ1) is 11.6. The molecular formula is C18H17N3OS2. The van der Waals surface area contributed by atoms with Gasteiger partial charge in [0.25, 0.3) is 0 Å². The van der Waals surface area contributed by atoms with Crippen LogP contribution in [0.15, 0.2) is 58.9 Å². The number of aryl methyl sites for hydroxylation is 1. The minimum Gasteiger partial charge on any atom is -0.330 e. The van der Waals surface area contributed by atoms with Crippen LogP contribution < -0.4 is 5.32 Å². The van der Waals surface area contributed by atoms with E-state index < -0.39 is 0 Å². The van der Waals surface area contributed by atoms with Gasteiger partial charge in [0.15, 0.2) is 10.1 Å². The molecule has 1 unspecified atom stereocenters. The Morgan fingerprint density at radius 2 is 1.79 bits per heavy atom. The number of rotatable bonds is 6. The summed E-state index contributed by atoms with van der Waals surface area (Å²) in [5.74, 6) is 0.104. The summed E-state index contributed by atoms with van der Waals surface area (Å²) < 4.78 is 0.779. The number of hydrogen-bond acceptors (Lipinski definition) is 6. The average molecular weight is 355 g/mol. The molecule has 6 heteroatoms. The highest BCUT2D eigenvalue weighted by atomic mass is 32.2. The highest BCUT2D eigenvalue weighted by Crippen LogP contribution is 2.31. The van der Waals surface area contributed by atoms with Crippen molar-refractivity contribution in [3.05, 3.63) is 65.7 Å². The zero-order chi connectivity index (χ0) is 16.9. The molecule has 1 atom stereocenters. The molecule has 0 radical (unpaired) electrons. The first-order valence-corrected chi connectivity index (χ1v) is 9.24. The molecule has 24 heavy (non-hydrogen) atoms. The smallest absolute Gasteiger partial charge is 0.210 e. The topological polar surface area (TPSA) is 54.9 Å². The van der Waals surface area contributed by atoms with Gasteiger partial charge >= 0.3 is 0 Å². The number of para-hydroxylation sites is 1. The summed E-state index contributed by atoms with van der Waals surface area (Å²) in [7, 11) is 0. The number of Topliss-reactive ketones (excluding diaryl/α,β-unsaturated/α-hetero) is 1. The van der Waals surface area contributed by atoms with Crippen LogP contribution >= 0.6 is 23.1 Å². The molecule has 1 aromatic heterocycles. The third-order valence-electron chi connectivity index (χ3n) is 3.41. The molecule has 1 N–H and O–H groups in total. The van der Waals surface area contributed by atoms with Crippen molar-refractivity contribution in [2.75, 3.05) is 5.32 Å². The van der Waals surface area contributed by atoms with E-state index in [4.69, 9.17) is 0 Å². The van der Waals surface area contributed by atoms with Crippen molar-refractivity contribution in [3.63, 3.8) is 0 Å². The van der Waals surface area contributed by atoms with Gasteiger partial charge in [-0.2, -0.15) is 0 Å². The molecule has 0 aliphatic heterocycles. The maximum Gasteiger partial charge on any atom is 0.210 e. The number of thioether (sulfide) groups is 1. The van der Waals surface area contributed by atoms with Gasteiger partial charge in [-0.3, -0.25) is 4.79 Å². The summed E-state index contributed by atoms with van der Waals surface area (Å²) in [6.45, 7) is 3.91. The molecule has 0 aliphatic rings. The van der Waals surface area contributed by atoms with E-state index in [0.29, 0.717) is 0 Å². The molecular weight excluding hydrogens is 338 g/mol. The summed E-state index contributed by atoms with van der Waals surface area (Å²) in [4.78, 5) is 12.5. The standard InChI is InChI=1S/C18H17N3OS2/c1-12-8-10-14(11-9-12)16(22)13(2)23-18-21-20-17(24-18)19-15-6-4-3-5-7-15/h3-11,13H,1-2H3,(H,19,20). The van der Waals surface area contributed by atoms with Crippen molar-refractivity contribution in [1.82, 2.24) is 10.2 Å². The molecule has 3 aromatic rings. The fourth-order valence-corrected chi connectivity index (χ4v) is 4.10. The molecule has 0 saturated carbocycles. The molecule has 2 aromatic carbocycles. The van der Waals surface area contributed by atoms with Crippen molar-refractivity contribution in [2.24, 2.45) is 0 Å². The van der Waals surface area contributed by atoms with Gasteiger partial charge in [-0.15, -0.1) is 10.2 Å². The van der Waals surface area contributed by atoms with Crippen molar-refractivity contribution >= 4 is 39.7 Å². The zero-order valence-electron chi connectivity index (χ0n) is 13.4. The second-order valence-electron chi connectivity index (χ2n) is 5.35. The lowest BCUT2D eigenvalue weighted by atomic mass is 10.1. The molecule has 0 bridgehead atoms. The number of anilines is 2. The zero-order valence-corrected chi connectivity index (χ0v) is 15.0. The number of nitrogens with one attached hydrogen (secondary N) is 1. The summed E-state index contributed by atoms with van der Waals surface area (Å²) in [6, 6.07) is 17.5. The van der Waals surface area contributed by atoms with E-state index in [1.807, 2.05) is 68.4 Å². The predicted octanol–water partition coefficient (Wildman–Crippen LogP) is 4.95. The first-order valence-electron chi connectivity index (χ1n) is 7.55. The van der Waals surface area contributed by atoms with Crippen LogP contribution in [0.4, 0.5) is 10.8 Å². The SMILES string of the molecule is Cc1ccc(C(=O)C(C)Sc2nnc(Nc3ccccc3)s2)cc1. The third kappa shape index (κ3) is 4.21. The maximum atomic E-state index is 12.5. The van der Waals surface area contributed by atoms with Gasteiger partial charge in [-0.25, -0.2) is 0 Å². The van der Waals surface area contributed by atoms with Gasteiger partial charge in [0.2, 0.25) is 5.13 Å². The van der Waals surface area contributed by atoms with E-state index in [-0.39, 0.29) is 11.0 Å². The van der Waals surface area contributed by atoms with Crippen molar-refractivity contribution in [2.45, 2.75) is 23.4 Å². The molecule has 4 nitrogen and oxygen atoms in total. The second-order valence-corrected chi connectivity index (χ2v) is 7.92. The summed E-state index contributed by atoms with van der Waals surface area (Å²) in [5, 5.41) is 12.0. The van der Waals surface area contributed by atoms with Gasteiger partial charge in [0, 0.05) is 11.3 Å². The lowest BCUT2D eigenvalue weighted by Crippen LogP contribution is -2.13. The fourth-order valence-electron chi connectivity index (χ4n) is 2.11. The largest absolute Gasteiger partial charge is 0.330 e. The second kappa shape index (κ2) is 7.59. The van der Waals surface area contributed by atoms with Crippen LogP contribution in [0.2, 0.25) is 0 Å². The molecule has 122 valence electrons. The van der Waals surface area contributed by atoms with Crippen molar-refractivity contribution < 1.29 is 4.79 Å². The molecule has 0 saturated heterocycles. The van der Waals surface area contributed by atoms with E-state index in [1.165, 1.54) is 23.1 Å². The molecule has 0 amide bonds. The van der Waals surface area contributed by atoms with Gasteiger partial charge in [0.1, 0.15) is 0 Å². The molecule has 1 heterocycles. The lowest BCUT2D eigenvalue weighted by Gasteiger charge is -2.08. The van der Waals surface area contributed by atoms with Crippen LogP contribution in [0.5, 0.6) is 0 Å². The third-order valence-corrected chi connectivity index (χ3v) is 5.44. The first kappa shape index (κ1) is 16.7. The Morgan fingerprint density at radius 3 is 2.50 bits per heavy atom. The van der Waals surface area contributed by atoms with Gasteiger partial charge in [0.05, 0.1) is 5.25 Å².